The number of ketones is 1. The van der Waals surface area contributed by atoms with E-state index in [1.807, 2.05) is 6.07 Å². The van der Waals surface area contributed by atoms with E-state index in [1.54, 1.807) is 6.92 Å². The molecule has 0 spiro atoms. The average Bonchev–Trinajstić information content (AvgIpc) is 3.02. The highest BCUT2D eigenvalue weighted by Gasteiger charge is 2.23. The Morgan fingerprint density at radius 3 is 2.96 bits per heavy atom. The molecule has 0 aliphatic carbocycles. The largest absolute Gasteiger partial charge is 0.376 e. The molecule has 2 aliphatic rings. The minimum Gasteiger partial charge on any atom is -0.376 e. The van der Waals surface area contributed by atoms with Crippen molar-refractivity contribution in [3.05, 3.63) is 22.3 Å². The Labute approximate surface area is 139 Å². The first kappa shape index (κ1) is 15.1. The van der Waals surface area contributed by atoms with Gasteiger partial charge in [0.2, 0.25) is 0 Å². The zero-order valence-electron chi connectivity index (χ0n) is 13.3. The fourth-order valence-corrected chi connectivity index (χ4v) is 4.05. The predicted molar refractivity (Wildman–Crippen MR) is 92.1 cm³/mol. The van der Waals surface area contributed by atoms with Gasteiger partial charge < -0.3 is 14.6 Å². The van der Waals surface area contributed by atoms with Gasteiger partial charge in [-0.3, -0.25) is 4.79 Å². The molecule has 0 unspecified atom stereocenters. The maximum atomic E-state index is 11.6. The molecule has 0 radical (unpaired) electrons. The smallest absolute Gasteiger partial charge is 0.169 e. The lowest BCUT2D eigenvalue weighted by molar-refractivity contribution is -0.0587. The standard InChI is InChI=1S/C17H21N3O2S/c1-11(21)15-9-14-17(23-15)19-16(8-12-2-5-18-6-3-12)20(14)10-13-4-7-22-13/h8-9,13,18H,2-7,10H2,1H3/t13-/m0/s1. The second-order valence-corrected chi connectivity index (χ2v) is 7.30. The number of ether oxygens (including phenoxy) is 1. The predicted octanol–water partition coefficient (Wildman–Crippen LogP) is 2.86. The molecule has 0 amide bonds. The first-order chi connectivity index (χ1) is 11.2. The third-order valence-corrected chi connectivity index (χ3v) is 5.70. The Morgan fingerprint density at radius 1 is 1.52 bits per heavy atom. The summed E-state index contributed by atoms with van der Waals surface area (Å²) in [5.41, 5.74) is 2.51. The molecule has 2 aromatic rings. The van der Waals surface area contributed by atoms with Gasteiger partial charge in [-0.25, -0.2) is 4.98 Å². The summed E-state index contributed by atoms with van der Waals surface area (Å²) in [6.07, 6.45) is 5.78. The van der Waals surface area contributed by atoms with E-state index in [2.05, 4.69) is 16.0 Å². The number of carbonyl (C=O) groups is 1. The summed E-state index contributed by atoms with van der Waals surface area (Å²) in [6, 6.07) is 1.98. The number of nitrogens with one attached hydrogen (secondary N) is 1. The van der Waals surface area contributed by atoms with Crippen LogP contribution in [0.3, 0.4) is 0 Å². The summed E-state index contributed by atoms with van der Waals surface area (Å²) in [6.45, 7) is 5.37. The number of fused-ring (bicyclic) bond motifs is 1. The Kier molecular flexibility index (Phi) is 4.05. The normalized spacial score (nSPS) is 21.4. The summed E-state index contributed by atoms with van der Waals surface area (Å²) < 4.78 is 7.84. The number of carbonyl (C=O) groups excluding carboxylic acids is 1. The van der Waals surface area contributed by atoms with Crippen molar-refractivity contribution in [3.8, 4) is 0 Å². The fourth-order valence-electron chi connectivity index (χ4n) is 3.12. The molecule has 122 valence electrons. The summed E-state index contributed by atoms with van der Waals surface area (Å²) in [5.74, 6) is 1.12. The van der Waals surface area contributed by atoms with Gasteiger partial charge in [0.1, 0.15) is 10.7 Å². The van der Waals surface area contributed by atoms with E-state index in [4.69, 9.17) is 9.72 Å². The van der Waals surface area contributed by atoms with Crippen LogP contribution >= 0.6 is 11.3 Å². The molecule has 1 N–H and O–H groups in total. The monoisotopic (exact) mass is 331 g/mol. The molecule has 2 fully saturated rings. The van der Waals surface area contributed by atoms with E-state index < -0.39 is 0 Å². The van der Waals surface area contributed by atoms with Gasteiger partial charge in [-0.15, -0.1) is 11.3 Å². The number of thiophene rings is 1. The summed E-state index contributed by atoms with van der Waals surface area (Å²) >= 11 is 1.49. The highest BCUT2D eigenvalue weighted by atomic mass is 32.1. The van der Waals surface area contributed by atoms with E-state index in [9.17, 15) is 4.79 Å². The first-order valence-corrected chi connectivity index (χ1v) is 9.05. The summed E-state index contributed by atoms with van der Waals surface area (Å²) in [5, 5.41) is 3.38. The molecule has 23 heavy (non-hydrogen) atoms. The van der Waals surface area contributed by atoms with Crippen molar-refractivity contribution in [2.24, 2.45) is 0 Å². The van der Waals surface area contributed by atoms with E-state index in [0.717, 1.165) is 66.6 Å². The van der Waals surface area contributed by atoms with Gasteiger partial charge >= 0.3 is 0 Å². The number of hydrogen-bond acceptors (Lipinski definition) is 5. The van der Waals surface area contributed by atoms with Crippen LogP contribution in [0, 0.1) is 0 Å². The molecule has 2 saturated heterocycles. The lowest BCUT2D eigenvalue weighted by atomic mass is 10.1. The molecular weight excluding hydrogens is 310 g/mol. The topological polar surface area (TPSA) is 56.2 Å². The summed E-state index contributed by atoms with van der Waals surface area (Å²) in [4.78, 5) is 18.2. The van der Waals surface area contributed by atoms with Gasteiger partial charge in [-0.1, -0.05) is 5.57 Å². The van der Waals surface area contributed by atoms with E-state index in [-0.39, 0.29) is 11.9 Å². The molecule has 0 aromatic carbocycles. The van der Waals surface area contributed by atoms with Crippen molar-refractivity contribution in [2.75, 3.05) is 19.7 Å². The molecule has 4 heterocycles. The number of aromatic nitrogens is 2. The molecule has 2 aromatic heterocycles. The van der Waals surface area contributed by atoms with E-state index in [0.29, 0.717) is 0 Å². The van der Waals surface area contributed by atoms with Crippen molar-refractivity contribution in [1.29, 1.82) is 0 Å². The number of nitrogens with zero attached hydrogens (tertiary/aromatic N) is 2. The molecule has 2 aliphatic heterocycles. The molecule has 1 atom stereocenters. The van der Waals surface area contributed by atoms with Gasteiger partial charge in [0.15, 0.2) is 5.78 Å². The molecule has 0 saturated carbocycles. The van der Waals surface area contributed by atoms with Crippen LogP contribution in [0.4, 0.5) is 0 Å². The quantitative estimate of drug-likeness (QED) is 0.875. The van der Waals surface area contributed by atoms with Crippen LogP contribution in [0.1, 0.15) is 41.7 Å². The fraction of sp³-hybridized carbons (Fsp3) is 0.529. The first-order valence-electron chi connectivity index (χ1n) is 8.23. The highest BCUT2D eigenvalue weighted by molar-refractivity contribution is 7.20. The minimum absolute atomic E-state index is 0.109. The minimum atomic E-state index is 0.109. The Balaban J connectivity index is 1.73. The van der Waals surface area contributed by atoms with Gasteiger partial charge in [-0.05, 0) is 51.4 Å². The molecule has 5 nitrogen and oxygen atoms in total. The second kappa shape index (κ2) is 6.19. The third kappa shape index (κ3) is 2.98. The van der Waals surface area contributed by atoms with Crippen LogP contribution in [0.5, 0.6) is 0 Å². The van der Waals surface area contributed by atoms with Gasteiger partial charge in [0.05, 0.1) is 23.0 Å². The second-order valence-electron chi connectivity index (χ2n) is 6.27. The molecule has 6 heteroatoms. The number of imidazole rings is 1. The maximum Gasteiger partial charge on any atom is 0.169 e. The van der Waals surface area contributed by atoms with Crippen molar-refractivity contribution in [2.45, 2.75) is 38.8 Å². The number of hydrogen-bond donors (Lipinski definition) is 1. The number of Topliss-reactive ketones (excluding diaryl/α,β-unsaturated/α-hetero) is 1. The molecule has 0 bridgehead atoms. The molecule has 4 rings (SSSR count). The molecular formula is C17H21N3O2S. The average molecular weight is 331 g/mol. The third-order valence-electron chi connectivity index (χ3n) is 4.58. The van der Waals surface area contributed by atoms with Gasteiger partial charge in [0, 0.05) is 6.61 Å². The Hall–Kier alpha value is -1.50. The van der Waals surface area contributed by atoms with E-state index >= 15 is 0 Å². The SMILES string of the molecule is CC(=O)c1cc2c(nc(C=C3CCNCC3)n2C[C@@H]2CCO2)s1. The van der Waals surface area contributed by atoms with Crippen LogP contribution in [-0.4, -0.2) is 41.1 Å². The van der Waals surface area contributed by atoms with Crippen LogP contribution in [0.2, 0.25) is 0 Å². The van der Waals surface area contributed by atoms with Crippen molar-refractivity contribution in [1.82, 2.24) is 14.9 Å². The maximum absolute atomic E-state index is 11.6. The van der Waals surface area contributed by atoms with Gasteiger partial charge in [-0.2, -0.15) is 0 Å². The lowest BCUT2D eigenvalue weighted by Crippen LogP contribution is -2.31. The van der Waals surface area contributed by atoms with Gasteiger partial charge in [0.25, 0.3) is 0 Å². The van der Waals surface area contributed by atoms with Crippen molar-refractivity contribution in [3.63, 3.8) is 0 Å². The zero-order chi connectivity index (χ0) is 15.8. The highest BCUT2D eigenvalue weighted by Crippen LogP contribution is 2.29. The van der Waals surface area contributed by atoms with Crippen molar-refractivity contribution < 1.29 is 9.53 Å². The van der Waals surface area contributed by atoms with Crippen LogP contribution in [-0.2, 0) is 11.3 Å². The Bertz CT molecular complexity index is 762. The zero-order valence-corrected chi connectivity index (χ0v) is 14.1. The van der Waals surface area contributed by atoms with Crippen LogP contribution < -0.4 is 5.32 Å². The van der Waals surface area contributed by atoms with E-state index in [1.165, 1.54) is 16.9 Å². The van der Waals surface area contributed by atoms with Crippen LogP contribution in [0.15, 0.2) is 11.6 Å². The number of rotatable bonds is 4. The number of piperidine rings is 1. The summed E-state index contributed by atoms with van der Waals surface area (Å²) in [7, 11) is 0. The van der Waals surface area contributed by atoms with Crippen molar-refractivity contribution >= 4 is 33.5 Å². The van der Waals surface area contributed by atoms with Crippen LogP contribution in [0.25, 0.3) is 16.4 Å². The Morgan fingerprint density at radius 2 is 2.30 bits per heavy atom. The lowest BCUT2D eigenvalue weighted by Gasteiger charge is -2.27.